The first-order valence-corrected chi connectivity index (χ1v) is 5.46. The van der Waals surface area contributed by atoms with E-state index in [0.717, 1.165) is 11.4 Å². The fourth-order valence-corrected chi connectivity index (χ4v) is 1.65. The Morgan fingerprint density at radius 2 is 2.19 bits per heavy atom. The Balaban J connectivity index is 2.88. The van der Waals surface area contributed by atoms with Gasteiger partial charge >= 0.3 is 0 Å². The van der Waals surface area contributed by atoms with Crippen molar-refractivity contribution in [2.45, 2.75) is 6.04 Å². The monoisotopic (exact) mass is 243 g/mol. The van der Waals surface area contributed by atoms with Crippen molar-refractivity contribution in [2.24, 2.45) is 11.5 Å². The Labute approximate surface area is 101 Å². The normalized spacial score (nSPS) is 12.3. The van der Waals surface area contributed by atoms with Crippen LogP contribution >= 0.6 is 11.6 Å². The highest BCUT2D eigenvalue weighted by atomic mass is 35.5. The topological polar surface area (TPSA) is 64.5 Å². The standard InChI is InChI=1S/C11H18ClN3O/c1-15(7-9(14)6-13)10-5-8(12)3-4-11(10)16-2/h3-5,9H,6-7,13-14H2,1-2H3. The molecule has 5 heteroatoms. The van der Waals surface area contributed by atoms with E-state index in [1.165, 1.54) is 0 Å². The Kier molecular flexibility index (Phi) is 4.86. The molecule has 0 heterocycles. The molecule has 0 saturated carbocycles. The van der Waals surface area contributed by atoms with Crippen LogP contribution in [-0.2, 0) is 0 Å². The number of methoxy groups -OCH3 is 1. The third-order valence-corrected chi connectivity index (χ3v) is 2.60. The lowest BCUT2D eigenvalue weighted by atomic mass is 10.2. The van der Waals surface area contributed by atoms with E-state index in [-0.39, 0.29) is 6.04 Å². The fraction of sp³-hybridized carbons (Fsp3) is 0.455. The van der Waals surface area contributed by atoms with Gasteiger partial charge < -0.3 is 21.1 Å². The lowest BCUT2D eigenvalue weighted by Crippen LogP contribution is -2.40. The summed E-state index contributed by atoms with van der Waals surface area (Å²) < 4.78 is 5.26. The van der Waals surface area contributed by atoms with Gasteiger partial charge in [-0.2, -0.15) is 0 Å². The van der Waals surface area contributed by atoms with Gasteiger partial charge in [-0.1, -0.05) is 11.6 Å². The molecule has 0 aliphatic carbocycles. The van der Waals surface area contributed by atoms with Gasteiger partial charge in [0.15, 0.2) is 0 Å². The molecule has 16 heavy (non-hydrogen) atoms. The van der Waals surface area contributed by atoms with Gasteiger partial charge in [0, 0.05) is 31.2 Å². The summed E-state index contributed by atoms with van der Waals surface area (Å²) in [5.41, 5.74) is 12.2. The molecule has 0 radical (unpaired) electrons. The van der Waals surface area contributed by atoms with E-state index in [1.807, 2.05) is 24.1 Å². The summed E-state index contributed by atoms with van der Waals surface area (Å²) in [4.78, 5) is 1.99. The number of halogens is 1. The number of nitrogens with two attached hydrogens (primary N) is 2. The number of likely N-dealkylation sites (N-methyl/N-ethyl adjacent to an activating group) is 1. The van der Waals surface area contributed by atoms with Gasteiger partial charge in [0.2, 0.25) is 0 Å². The largest absolute Gasteiger partial charge is 0.495 e. The molecule has 4 N–H and O–H groups in total. The molecule has 0 bridgehead atoms. The average Bonchev–Trinajstić information content (AvgIpc) is 2.28. The van der Waals surface area contributed by atoms with Crippen LogP contribution in [-0.4, -0.2) is 33.3 Å². The van der Waals surface area contributed by atoms with Gasteiger partial charge in [0.05, 0.1) is 12.8 Å². The summed E-state index contributed by atoms with van der Waals surface area (Å²) in [7, 11) is 3.56. The smallest absolute Gasteiger partial charge is 0.142 e. The average molecular weight is 244 g/mol. The first kappa shape index (κ1) is 13.1. The highest BCUT2D eigenvalue weighted by molar-refractivity contribution is 6.30. The zero-order valence-electron chi connectivity index (χ0n) is 9.61. The van der Waals surface area contributed by atoms with Crippen LogP contribution in [0.1, 0.15) is 0 Å². The maximum absolute atomic E-state index is 5.95. The number of nitrogens with zero attached hydrogens (tertiary/aromatic N) is 1. The summed E-state index contributed by atoms with van der Waals surface area (Å²) in [6.07, 6.45) is 0. The van der Waals surface area contributed by atoms with E-state index in [1.54, 1.807) is 13.2 Å². The minimum atomic E-state index is -0.0614. The molecule has 0 saturated heterocycles. The molecule has 0 aliphatic heterocycles. The van der Waals surface area contributed by atoms with Crippen LogP contribution in [0.5, 0.6) is 5.75 Å². The second-order valence-corrected chi connectivity index (χ2v) is 4.13. The van der Waals surface area contributed by atoms with Gasteiger partial charge in [-0.05, 0) is 18.2 Å². The van der Waals surface area contributed by atoms with E-state index in [9.17, 15) is 0 Å². The van der Waals surface area contributed by atoms with E-state index in [0.29, 0.717) is 18.1 Å². The predicted octanol–water partition coefficient (Wildman–Crippen LogP) is 1.07. The molecule has 1 aromatic rings. The number of rotatable bonds is 5. The Morgan fingerprint density at radius 1 is 1.50 bits per heavy atom. The number of hydrogen-bond donors (Lipinski definition) is 2. The van der Waals surface area contributed by atoms with Gasteiger partial charge in [-0.15, -0.1) is 0 Å². The number of hydrogen-bond acceptors (Lipinski definition) is 4. The molecule has 0 aliphatic rings. The molecule has 1 rings (SSSR count). The van der Waals surface area contributed by atoms with Crippen molar-refractivity contribution >= 4 is 17.3 Å². The first-order chi connectivity index (χ1) is 7.58. The van der Waals surface area contributed by atoms with Gasteiger partial charge in [-0.3, -0.25) is 0 Å². The zero-order valence-corrected chi connectivity index (χ0v) is 10.4. The van der Waals surface area contributed by atoms with E-state index in [4.69, 9.17) is 27.8 Å². The van der Waals surface area contributed by atoms with Crippen LogP contribution in [0.4, 0.5) is 5.69 Å². The maximum Gasteiger partial charge on any atom is 0.142 e. The first-order valence-electron chi connectivity index (χ1n) is 5.08. The zero-order chi connectivity index (χ0) is 12.1. The minimum Gasteiger partial charge on any atom is -0.495 e. The molecular weight excluding hydrogens is 226 g/mol. The van der Waals surface area contributed by atoms with Crippen LogP contribution in [0.3, 0.4) is 0 Å². The number of benzene rings is 1. The van der Waals surface area contributed by atoms with Crippen molar-refractivity contribution in [1.82, 2.24) is 0 Å². The van der Waals surface area contributed by atoms with Crippen LogP contribution in [0, 0.1) is 0 Å². The lowest BCUT2D eigenvalue weighted by Gasteiger charge is -2.24. The van der Waals surface area contributed by atoms with Crippen LogP contribution in [0.2, 0.25) is 5.02 Å². The van der Waals surface area contributed by atoms with Crippen LogP contribution < -0.4 is 21.1 Å². The van der Waals surface area contributed by atoms with Crippen LogP contribution in [0.15, 0.2) is 18.2 Å². The molecule has 0 aromatic heterocycles. The van der Waals surface area contributed by atoms with Gasteiger partial charge in [0.25, 0.3) is 0 Å². The molecule has 0 spiro atoms. The highest BCUT2D eigenvalue weighted by Gasteiger charge is 2.11. The Hall–Kier alpha value is -0.970. The third-order valence-electron chi connectivity index (χ3n) is 2.36. The van der Waals surface area contributed by atoms with E-state index >= 15 is 0 Å². The molecule has 1 aromatic carbocycles. The molecule has 1 unspecified atom stereocenters. The second-order valence-electron chi connectivity index (χ2n) is 3.69. The molecule has 90 valence electrons. The quantitative estimate of drug-likeness (QED) is 0.812. The summed E-state index contributed by atoms with van der Waals surface area (Å²) in [6, 6.07) is 5.42. The molecule has 0 fully saturated rings. The number of ether oxygens (including phenoxy) is 1. The van der Waals surface area contributed by atoms with Crippen molar-refractivity contribution in [3.63, 3.8) is 0 Å². The van der Waals surface area contributed by atoms with E-state index < -0.39 is 0 Å². The summed E-state index contributed by atoms with van der Waals surface area (Å²) >= 11 is 5.95. The maximum atomic E-state index is 5.95. The van der Waals surface area contributed by atoms with Crippen molar-refractivity contribution < 1.29 is 4.74 Å². The summed E-state index contributed by atoms with van der Waals surface area (Å²) in [5.74, 6) is 0.774. The summed E-state index contributed by atoms with van der Waals surface area (Å²) in [6.45, 7) is 1.11. The van der Waals surface area contributed by atoms with Crippen LogP contribution in [0.25, 0.3) is 0 Å². The fourth-order valence-electron chi connectivity index (χ4n) is 1.49. The summed E-state index contributed by atoms with van der Waals surface area (Å²) in [5, 5.41) is 0.670. The molecule has 4 nitrogen and oxygen atoms in total. The van der Waals surface area contributed by atoms with Crippen molar-refractivity contribution in [2.75, 3.05) is 32.1 Å². The lowest BCUT2D eigenvalue weighted by molar-refractivity contribution is 0.414. The Bertz CT molecular complexity index is 346. The van der Waals surface area contributed by atoms with E-state index in [2.05, 4.69) is 0 Å². The minimum absolute atomic E-state index is 0.0614. The predicted molar refractivity (Wildman–Crippen MR) is 68.3 cm³/mol. The molecule has 0 amide bonds. The third kappa shape index (κ3) is 3.27. The van der Waals surface area contributed by atoms with Gasteiger partial charge in [-0.25, -0.2) is 0 Å². The van der Waals surface area contributed by atoms with Crippen molar-refractivity contribution in [1.29, 1.82) is 0 Å². The van der Waals surface area contributed by atoms with Crippen molar-refractivity contribution in [3.05, 3.63) is 23.2 Å². The highest BCUT2D eigenvalue weighted by Crippen LogP contribution is 2.30. The SMILES string of the molecule is COc1ccc(Cl)cc1N(C)CC(N)CN. The van der Waals surface area contributed by atoms with Gasteiger partial charge in [0.1, 0.15) is 5.75 Å². The van der Waals surface area contributed by atoms with Crippen molar-refractivity contribution in [3.8, 4) is 5.75 Å². The number of anilines is 1. The Morgan fingerprint density at radius 3 is 2.75 bits per heavy atom. The second kappa shape index (κ2) is 5.94. The molecule has 1 atom stereocenters. The molecular formula is C11H18ClN3O.